The summed E-state index contributed by atoms with van der Waals surface area (Å²) in [4.78, 5) is 4.61. The van der Waals surface area contributed by atoms with Crippen LogP contribution in [0, 0.1) is 5.21 Å². The van der Waals surface area contributed by atoms with Gasteiger partial charge in [-0.2, -0.15) is 10.3 Å². The standard InChI is InChI=1S/C22H16N4O3/c27-26(28)17-12-10-15(11-13-17)21-18(14-25(24-21)16-6-2-1-3-7-16)22-23-19-8-4-5-9-20(19)29-22/h1-14,26-27H. The van der Waals surface area contributed by atoms with Gasteiger partial charge in [-0.25, -0.2) is 14.9 Å². The Morgan fingerprint density at radius 1 is 0.897 bits per heavy atom. The number of aromatic nitrogens is 3. The normalized spacial score (nSPS) is 12.3. The molecule has 0 aliphatic carbocycles. The lowest BCUT2D eigenvalue weighted by molar-refractivity contribution is -0.991. The van der Waals surface area contributed by atoms with Crippen molar-refractivity contribution < 1.29 is 14.9 Å². The van der Waals surface area contributed by atoms with Crippen LogP contribution in [0.1, 0.15) is 0 Å². The van der Waals surface area contributed by atoms with Crippen molar-refractivity contribution in [2.45, 2.75) is 0 Å². The summed E-state index contributed by atoms with van der Waals surface area (Å²) in [6, 6.07) is 23.9. The summed E-state index contributed by atoms with van der Waals surface area (Å²) < 4.78 is 7.74. The largest absolute Gasteiger partial charge is 0.595 e. The highest BCUT2D eigenvalue weighted by molar-refractivity contribution is 5.82. The molecule has 2 aromatic heterocycles. The van der Waals surface area contributed by atoms with Crippen molar-refractivity contribution in [3.05, 3.63) is 90.3 Å². The quantitative estimate of drug-likeness (QED) is 0.461. The fraction of sp³-hybridized carbons (Fsp3) is 0. The molecule has 2 heterocycles. The molecule has 7 nitrogen and oxygen atoms in total. The molecular weight excluding hydrogens is 368 g/mol. The summed E-state index contributed by atoms with van der Waals surface area (Å²) in [5, 5.41) is 24.1. The van der Waals surface area contributed by atoms with E-state index < -0.39 is 5.23 Å². The van der Waals surface area contributed by atoms with Gasteiger partial charge in [-0.15, -0.1) is 0 Å². The van der Waals surface area contributed by atoms with Gasteiger partial charge in [0.15, 0.2) is 11.3 Å². The van der Waals surface area contributed by atoms with Gasteiger partial charge in [0.25, 0.3) is 0 Å². The minimum Gasteiger partial charge on any atom is -0.595 e. The van der Waals surface area contributed by atoms with Crippen molar-refractivity contribution in [3.8, 4) is 28.4 Å². The number of hydrogen-bond donors (Lipinski definition) is 2. The van der Waals surface area contributed by atoms with Gasteiger partial charge in [0.2, 0.25) is 5.89 Å². The molecule has 0 saturated heterocycles. The lowest BCUT2D eigenvalue weighted by Gasteiger charge is -2.11. The van der Waals surface area contributed by atoms with Crippen LogP contribution in [0.3, 0.4) is 0 Å². The van der Waals surface area contributed by atoms with Gasteiger partial charge in [-0.05, 0) is 36.4 Å². The van der Waals surface area contributed by atoms with Gasteiger partial charge in [0.05, 0.1) is 11.3 Å². The average molecular weight is 384 g/mol. The molecule has 3 aromatic carbocycles. The zero-order chi connectivity index (χ0) is 19.8. The van der Waals surface area contributed by atoms with E-state index in [2.05, 4.69) is 4.98 Å². The maximum absolute atomic E-state index is 11.2. The van der Waals surface area contributed by atoms with Crippen LogP contribution in [0.5, 0.6) is 0 Å². The van der Waals surface area contributed by atoms with Crippen LogP contribution in [-0.2, 0) is 0 Å². The number of oxazole rings is 1. The second-order valence-corrected chi connectivity index (χ2v) is 6.54. The highest BCUT2D eigenvalue weighted by Crippen LogP contribution is 2.33. The third-order valence-corrected chi connectivity index (χ3v) is 4.66. The van der Waals surface area contributed by atoms with Gasteiger partial charge in [-0.3, -0.25) is 0 Å². The Hall–Kier alpha value is -3.78. The maximum atomic E-state index is 11.2. The van der Waals surface area contributed by atoms with E-state index in [4.69, 9.17) is 14.7 Å². The van der Waals surface area contributed by atoms with Gasteiger partial charge in [0, 0.05) is 23.9 Å². The number of quaternary nitrogens is 1. The highest BCUT2D eigenvalue weighted by atomic mass is 16.8. The Labute approximate surface area is 165 Å². The predicted molar refractivity (Wildman–Crippen MR) is 108 cm³/mol. The molecule has 0 fully saturated rings. The van der Waals surface area contributed by atoms with Gasteiger partial charge in [-0.1, -0.05) is 30.3 Å². The third kappa shape index (κ3) is 3.19. The summed E-state index contributed by atoms with van der Waals surface area (Å²) in [7, 11) is 0. The number of benzene rings is 3. The Bertz CT molecular complexity index is 1240. The molecule has 0 spiro atoms. The fourth-order valence-electron chi connectivity index (χ4n) is 3.21. The predicted octanol–water partition coefficient (Wildman–Crippen LogP) is 3.75. The number of para-hydroxylation sites is 3. The molecule has 0 saturated carbocycles. The zero-order valence-corrected chi connectivity index (χ0v) is 15.2. The van der Waals surface area contributed by atoms with E-state index >= 15 is 0 Å². The van der Waals surface area contributed by atoms with E-state index in [0.29, 0.717) is 17.2 Å². The minimum atomic E-state index is -0.967. The van der Waals surface area contributed by atoms with Gasteiger partial charge in [0.1, 0.15) is 11.2 Å². The molecule has 5 aromatic rings. The number of rotatable bonds is 4. The fourth-order valence-corrected chi connectivity index (χ4v) is 3.21. The molecule has 7 heteroatoms. The van der Waals surface area contributed by atoms with Crippen LogP contribution in [-0.4, -0.2) is 20.0 Å². The summed E-state index contributed by atoms with van der Waals surface area (Å²) >= 11 is 0. The van der Waals surface area contributed by atoms with Crippen molar-refractivity contribution >= 4 is 16.8 Å². The zero-order valence-electron chi connectivity index (χ0n) is 15.2. The first-order valence-electron chi connectivity index (χ1n) is 9.04. The number of nitrogens with one attached hydrogen (secondary N) is 1. The topological polar surface area (TPSA) is 91.6 Å². The van der Waals surface area contributed by atoms with Crippen LogP contribution in [0.15, 0.2) is 89.5 Å². The third-order valence-electron chi connectivity index (χ3n) is 4.66. The molecule has 0 amide bonds. The van der Waals surface area contributed by atoms with Gasteiger partial charge < -0.3 is 9.62 Å². The number of nitrogens with zero attached hydrogens (tertiary/aromatic N) is 3. The second-order valence-electron chi connectivity index (χ2n) is 6.54. The Kier molecular flexibility index (Phi) is 4.18. The van der Waals surface area contributed by atoms with E-state index in [1.807, 2.05) is 60.8 Å². The first kappa shape index (κ1) is 17.3. The van der Waals surface area contributed by atoms with Crippen LogP contribution in [0.4, 0.5) is 5.69 Å². The van der Waals surface area contributed by atoms with Crippen molar-refractivity contribution in [3.63, 3.8) is 0 Å². The molecule has 1 unspecified atom stereocenters. The van der Waals surface area contributed by atoms with E-state index in [1.165, 1.54) is 0 Å². The summed E-state index contributed by atoms with van der Waals surface area (Å²) in [5.74, 6) is 0.464. The lowest BCUT2D eigenvalue weighted by atomic mass is 10.1. The van der Waals surface area contributed by atoms with Crippen LogP contribution >= 0.6 is 0 Å². The molecule has 0 radical (unpaired) electrons. The molecule has 0 aliphatic heterocycles. The maximum Gasteiger partial charge on any atom is 0.231 e. The van der Waals surface area contributed by atoms with E-state index in [9.17, 15) is 5.21 Å². The first-order chi connectivity index (χ1) is 14.2. The highest BCUT2D eigenvalue weighted by Gasteiger charge is 2.19. The number of hydrogen-bond acceptors (Lipinski definition) is 5. The molecule has 5 rings (SSSR count). The number of fused-ring (bicyclic) bond motifs is 1. The lowest BCUT2D eigenvalue weighted by Crippen LogP contribution is -2.99. The Morgan fingerprint density at radius 3 is 2.34 bits per heavy atom. The first-order valence-corrected chi connectivity index (χ1v) is 9.04. The van der Waals surface area contributed by atoms with Crippen molar-refractivity contribution in [2.24, 2.45) is 0 Å². The van der Waals surface area contributed by atoms with Gasteiger partial charge >= 0.3 is 0 Å². The monoisotopic (exact) mass is 384 g/mol. The summed E-state index contributed by atoms with van der Waals surface area (Å²) in [6.45, 7) is 0. The molecule has 0 aliphatic rings. The molecule has 1 atom stereocenters. The minimum absolute atomic E-state index is 0.222. The Balaban J connectivity index is 1.68. The van der Waals surface area contributed by atoms with E-state index in [0.717, 1.165) is 22.3 Å². The smallest absolute Gasteiger partial charge is 0.231 e. The van der Waals surface area contributed by atoms with Crippen LogP contribution in [0.2, 0.25) is 0 Å². The van der Waals surface area contributed by atoms with Crippen LogP contribution < -0.4 is 5.23 Å². The summed E-state index contributed by atoms with van der Waals surface area (Å²) in [6.07, 6.45) is 1.88. The summed E-state index contributed by atoms with van der Waals surface area (Å²) in [5.41, 5.74) is 4.76. The van der Waals surface area contributed by atoms with Crippen molar-refractivity contribution in [1.29, 1.82) is 0 Å². The van der Waals surface area contributed by atoms with Crippen molar-refractivity contribution in [2.75, 3.05) is 0 Å². The van der Waals surface area contributed by atoms with E-state index in [1.54, 1.807) is 28.9 Å². The molecule has 29 heavy (non-hydrogen) atoms. The van der Waals surface area contributed by atoms with Crippen LogP contribution in [0.25, 0.3) is 39.5 Å². The molecule has 142 valence electrons. The molecular formula is C22H16N4O3. The van der Waals surface area contributed by atoms with Crippen molar-refractivity contribution in [1.82, 2.24) is 14.8 Å². The molecule has 2 N–H and O–H groups in total. The SMILES string of the molecule is [O-][NH+](O)c1ccc(-c2nn(-c3ccccc3)cc2-c2nc3ccccc3o2)cc1. The average Bonchev–Trinajstić information content (AvgIpc) is 3.39. The second kappa shape index (κ2) is 6.99. The molecule has 0 bridgehead atoms. The van der Waals surface area contributed by atoms with E-state index in [-0.39, 0.29) is 5.69 Å². The Morgan fingerprint density at radius 2 is 1.62 bits per heavy atom.